The smallest absolute Gasteiger partial charge is 0.338 e. The zero-order valence-electron chi connectivity index (χ0n) is 33.9. The highest BCUT2D eigenvalue weighted by Crippen LogP contribution is 2.35. The number of hydrogen-bond acceptors (Lipinski definition) is 11. The molecule has 0 saturated carbocycles. The standard InChI is InChI=1S/C50H45NO10/c1-4-34-26-28-35(29-27-34)31-40-30-25-32(2)51-45(40)61-50-44(59-49(55)39-23-15-8-16-24-39)43(58-48(54)38-21-13-7-14-22-38)42(57-47(53)37-19-11-6-12-20-37)41(60-50)33(3)56-46(52)36-17-9-5-10-18-36/h5-30,33,41-44,50H,4,31H2,1-3H3/t33-,41-,42-,43+,44-,50+/m1/s1. The van der Waals surface area contributed by atoms with Crippen LogP contribution < -0.4 is 4.74 Å². The Morgan fingerprint density at radius 2 is 1.00 bits per heavy atom. The summed E-state index contributed by atoms with van der Waals surface area (Å²) in [4.78, 5) is 60.4. The van der Waals surface area contributed by atoms with E-state index in [4.69, 9.17) is 33.4 Å². The lowest BCUT2D eigenvalue weighted by Crippen LogP contribution is -2.65. The number of benzene rings is 5. The van der Waals surface area contributed by atoms with Crippen molar-refractivity contribution in [2.24, 2.45) is 0 Å². The van der Waals surface area contributed by atoms with Gasteiger partial charge in [-0.1, -0.05) is 110 Å². The molecular weight excluding hydrogens is 775 g/mol. The Hall–Kier alpha value is -7.11. The van der Waals surface area contributed by atoms with Crippen LogP contribution >= 0.6 is 0 Å². The predicted octanol–water partition coefficient (Wildman–Crippen LogP) is 8.57. The highest BCUT2D eigenvalue weighted by atomic mass is 16.7. The Kier molecular flexibility index (Phi) is 13.6. The second-order valence-electron chi connectivity index (χ2n) is 14.5. The summed E-state index contributed by atoms with van der Waals surface area (Å²) in [6, 6.07) is 44.9. The van der Waals surface area contributed by atoms with Crippen molar-refractivity contribution in [3.63, 3.8) is 0 Å². The lowest BCUT2D eigenvalue weighted by atomic mass is 9.94. The fourth-order valence-electron chi connectivity index (χ4n) is 6.90. The summed E-state index contributed by atoms with van der Waals surface area (Å²) < 4.78 is 38.1. The molecule has 0 radical (unpaired) electrons. The van der Waals surface area contributed by atoms with Crippen LogP contribution in [0.15, 0.2) is 158 Å². The summed E-state index contributed by atoms with van der Waals surface area (Å²) in [6.07, 6.45) is -7.49. The van der Waals surface area contributed by atoms with E-state index in [1.54, 1.807) is 135 Å². The van der Waals surface area contributed by atoms with Crippen molar-refractivity contribution in [1.82, 2.24) is 4.98 Å². The highest BCUT2D eigenvalue weighted by Gasteiger charge is 2.56. The van der Waals surface area contributed by atoms with Gasteiger partial charge in [0.15, 0.2) is 12.2 Å². The van der Waals surface area contributed by atoms with E-state index in [9.17, 15) is 19.2 Å². The van der Waals surface area contributed by atoms with E-state index in [1.807, 2.05) is 24.3 Å². The summed E-state index contributed by atoms with van der Waals surface area (Å²) in [5.41, 5.74) is 4.28. The zero-order valence-corrected chi connectivity index (χ0v) is 33.9. The largest absolute Gasteiger partial charge is 0.456 e. The molecule has 2 heterocycles. The van der Waals surface area contributed by atoms with Gasteiger partial charge >= 0.3 is 23.9 Å². The maximum Gasteiger partial charge on any atom is 0.338 e. The van der Waals surface area contributed by atoms with Crippen molar-refractivity contribution in [1.29, 1.82) is 0 Å². The lowest BCUT2D eigenvalue weighted by Gasteiger charge is -2.45. The maximum absolute atomic E-state index is 14.1. The summed E-state index contributed by atoms with van der Waals surface area (Å²) in [6.45, 7) is 5.46. The number of carbonyl (C=O) groups excluding carboxylic acids is 4. The number of esters is 4. The molecule has 11 heteroatoms. The van der Waals surface area contributed by atoms with Crippen molar-refractivity contribution in [2.45, 2.75) is 70.4 Å². The minimum absolute atomic E-state index is 0.158. The quantitative estimate of drug-likeness (QED) is 0.0772. The molecule has 0 unspecified atom stereocenters. The first-order valence-corrected chi connectivity index (χ1v) is 20.1. The van der Waals surface area contributed by atoms with Gasteiger partial charge < -0.3 is 28.4 Å². The van der Waals surface area contributed by atoms with Crippen LogP contribution in [0, 0.1) is 6.92 Å². The third kappa shape index (κ3) is 10.6. The number of aromatic nitrogens is 1. The SMILES string of the molecule is CCc1ccc(Cc2ccc(C)nc2O[C@@H]2O[C@H]([C@@H](C)OC(=O)c3ccccc3)[C@@H](OC(=O)c3ccccc3)[C@H](OC(=O)c3ccccc3)[C@H]2OC(=O)c2ccccc2)cc1. The van der Waals surface area contributed by atoms with Gasteiger partial charge in [-0.3, -0.25) is 0 Å². The first kappa shape index (κ1) is 42.0. The third-order valence-electron chi connectivity index (χ3n) is 10.2. The van der Waals surface area contributed by atoms with Gasteiger partial charge in [-0.05, 0) is 86.0 Å². The van der Waals surface area contributed by atoms with Crippen LogP contribution in [0.25, 0.3) is 0 Å². The number of pyridine rings is 1. The van der Waals surface area contributed by atoms with Gasteiger partial charge in [0.1, 0.15) is 12.2 Å². The van der Waals surface area contributed by atoms with E-state index in [1.165, 1.54) is 5.56 Å². The first-order chi connectivity index (χ1) is 29.7. The van der Waals surface area contributed by atoms with Crippen LogP contribution in [0.4, 0.5) is 0 Å². The van der Waals surface area contributed by atoms with Crippen LogP contribution in [0.1, 0.15) is 77.7 Å². The average molecular weight is 820 g/mol. The van der Waals surface area contributed by atoms with Crippen LogP contribution in [-0.2, 0) is 36.5 Å². The zero-order chi connectivity index (χ0) is 42.7. The number of carbonyl (C=O) groups is 4. The second-order valence-corrected chi connectivity index (χ2v) is 14.5. The van der Waals surface area contributed by atoms with Crippen molar-refractivity contribution < 1.29 is 47.6 Å². The van der Waals surface area contributed by atoms with Crippen LogP contribution in [0.3, 0.4) is 0 Å². The predicted molar refractivity (Wildman–Crippen MR) is 225 cm³/mol. The molecule has 5 aromatic carbocycles. The first-order valence-electron chi connectivity index (χ1n) is 20.1. The average Bonchev–Trinajstić information content (AvgIpc) is 3.30. The Labute approximate surface area is 354 Å². The molecule has 6 atom stereocenters. The molecule has 0 N–H and O–H groups in total. The maximum atomic E-state index is 14.1. The van der Waals surface area contributed by atoms with E-state index in [0.29, 0.717) is 17.7 Å². The van der Waals surface area contributed by atoms with Gasteiger partial charge in [-0.2, -0.15) is 0 Å². The van der Waals surface area contributed by atoms with Crippen LogP contribution in [0.2, 0.25) is 0 Å². The molecule has 6 aromatic rings. The van der Waals surface area contributed by atoms with E-state index in [-0.39, 0.29) is 28.1 Å². The summed E-state index contributed by atoms with van der Waals surface area (Å²) in [5, 5.41) is 0. The number of rotatable bonds is 14. The Balaban J connectivity index is 1.34. The molecule has 1 fully saturated rings. The van der Waals surface area contributed by atoms with Crippen LogP contribution in [0.5, 0.6) is 5.88 Å². The molecule has 1 aromatic heterocycles. The van der Waals surface area contributed by atoms with E-state index < -0.39 is 60.7 Å². The number of aryl methyl sites for hydroxylation is 2. The topological polar surface area (TPSA) is 137 Å². The van der Waals surface area contributed by atoms with Crippen molar-refractivity contribution in [3.05, 3.63) is 202 Å². The molecule has 0 amide bonds. The van der Waals surface area contributed by atoms with Gasteiger partial charge in [0.25, 0.3) is 0 Å². The molecule has 310 valence electrons. The van der Waals surface area contributed by atoms with Gasteiger partial charge in [-0.15, -0.1) is 0 Å². The van der Waals surface area contributed by atoms with E-state index >= 15 is 0 Å². The molecule has 1 aliphatic rings. The van der Waals surface area contributed by atoms with E-state index in [2.05, 4.69) is 19.1 Å². The summed E-state index contributed by atoms with van der Waals surface area (Å²) >= 11 is 0. The number of nitrogens with zero attached hydrogens (tertiary/aromatic N) is 1. The monoisotopic (exact) mass is 819 g/mol. The highest BCUT2D eigenvalue weighted by molar-refractivity contribution is 5.91. The Morgan fingerprint density at radius 1 is 0.557 bits per heavy atom. The van der Waals surface area contributed by atoms with Gasteiger partial charge in [0.2, 0.25) is 18.3 Å². The van der Waals surface area contributed by atoms with Crippen molar-refractivity contribution in [3.8, 4) is 5.88 Å². The minimum Gasteiger partial charge on any atom is -0.456 e. The molecule has 61 heavy (non-hydrogen) atoms. The van der Waals surface area contributed by atoms with Gasteiger partial charge in [0.05, 0.1) is 22.3 Å². The number of hydrogen-bond donors (Lipinski definition) is 0. The summed E-state index contributed by atoms with van der Waals surface area (Å²) in [7, 11) is 0. The Morgan fingerprint density at radius 3 is 1.49 bits per heavy atom. The second kappa shape index (κ2) is 19.8. The molecule has 0 aliphatic carbocycles. The van der Waals surface area contributed by atoms with Crippen molar-refractivity contribution >= 4 is 23.9 Å². The Bertz CT molecular complexity index is 2410. The minimum atomic E-state index is -1.59. The van der Waals surface area contributed by atoms with Gasteiger partial charge in [-0.25, -0.2) is 24.2 Å². The van der Waals surface area contributed by atoms with Gasteiger partial charge in [0, 0.05) is 17.7 Å². The van der Waals surface area contributed by atoms with Crippen molar-refractivity contribution in [2.75, 3.05) is 0 Å². The van der Waals surface area contributed by atoms with E-state index in [0.717, 1.165) is 12.0 Å². The fourth-order valence-corrected chi connectivity index (χ4v) is 6.90. The lowest BCUT2D eigenvalue weighted by molar-refractivity contribution is -0.284. The fraction of sp³-hybridized carbons (Fsp3) is 0.220. The summed E-state index contributed by atoms with van der Waals surface area (Å²) in [5.74, 6) is -2.94. The normalized spacial score (nSPS) is 18.8. The molecule has 11 nitrogen and oxygen atoms in total. The molecule has 7 rings (SSSR count). The third-order valence-corrected chi connectivity index (χ3v) is 10.2. The molecule has 1 aliphatic heterocycles. The molecule has 1 saturated heterocycles. The van der Waals surface area contributed by atoms with Crippen LogP contribution in [-0.4, -0.2) is 65.7 Å². The molecule has 0 bridgehead atoms. The molecular formula is C50H45NO10. The molecule has 0 spiro atoms. The number of ether oxygens (including phenoxy) is 6.